The highest BCUT2D eigenvalue weighted by Crippen LogP contribution is 2.47. The lowest BCUT2D eigenvalue weighted by molar-refractivity contribution is -0.128. The van der Waals surface area contributed by atoms with Gasteiger partial charge in [-0.05, 0) is 36.5 Å². The van der Waals surface area contributed by atoms with E-state index in [4.69, 9.17) is 11.6 Å². The highest BCUT2D eigenvalue weighted by Gasteiger charge is 2.45. The second-order valence-electron chi connectivity index (χ2n) is 6.58. The molecule has 0 heterocycles. The average molecular weight is 326 g/mol. The summed E-state index contributed by atoms with van der Waals surface area (Å²) in [6.07, 6.45) is 10.4. The van der Waals surface area contributed by atoms with Crippen LogP contribution in [-0.4, -0.2) is 5.78 Å². The van der Waals surface area contributed by atoms with Crippen LogP contribution in [0.5, 0.6) is 0 Å². The van der Waals surface area contributed by atoms with E-state index < -0.39 is 0 Å². The van der Waals surface area contributed by atoms with E-state index in [2.05, 4.69) is 6.07 Å². The molecule has 1 aromatic rings. The van der Waals surface area contributed by atoms with Crippen LogP contribution in [0.1, 0.15) is 63.4 Å². The molecule has 1 nitrogen and oxygen atoms in total. The number of hydrogen-bond acceptors (Lipinski definition) is 1. The molecule has 3 rings (SSSR count). The maximum absolute atomic E-state index is 12.9. The topological polar surface area (TPSA) is 17.1 Å². The minimum Gasteiger partial charge on any atom is -1.00 e. The number of hydrogen-bond donors (Lipinski definition) is 0. The molecule has 3 heteroatoms. The van der Waals surface area contributed by atoms with Crippen molar-refractivity contribution in [2.24, 2.45) is 5.92 Å². The van der Waals surface area contributed by atoms with Gasteiger partial charge in [-0.15, -0.1) is 0 Å². The highest BCUT2D eigenvalue weighted by molar-refractivity contribution is 6.30. The van der Waals surface area contributed by atoms with E-state index >= 15 is 0 Å². The summed E-state index contributed by atoms with van der Waals surface area (Å²) < 4.78 is 0. The van der Waals surface area contributed by atoms with Gasteiger partial charge in [-0.1, -0.05) is 62.3 Å². The molecule has 0 saturated heterocycles. The van der Waals surface area contributed by atoms with Crippen molar-refractivity contribution in [2.75, 3.05) is 0 Å². The van der Waals surface area contributed by atoms with Gasteiger partial charge in [0.05, 0.1) is 5.41 Å². The van der Waals surface area contributed by atoms with E-state index in [1.165, 1.54) is 38.5 Å². The zero-order chi connectivity index (χ0) is 14.0. The molecule has 2 fully saturated rings. The molecule has 0 bridgehead atoms. The number of halogens is 2. The van der Waals surface area contributed by atoms with Crippen molar-refractivity contribution in [1.82, 2.24) is 0 Å². The Morgan fingerprint density at radius 3 is 2.43 bits per heavy atom. The predicted molar refractivity (Wildman–Crippen MR) is 83.2 cm³/mol. The van der Waals surface area contributed by atoms with Crippen LogP contribution in [0.15, 0.2) is 24.3 Å². The normalized spacial score (nSPS) is 21.2. The summed E-state index contributed by atoms with van der Waals surface area (Å²) in [7, 11) is 0. The molecule has 2 aliphatic carbocycles. The second kappa shape index (κ2) is 7.15. The molecule has 0 aliphatic heterocycles. The smallest absolute Gasteiger partial charge is 0.143 e. The van der Waals surface area contributed by atoms with Crippen molar-refractivity contribution in [2.45, 2.75) is 63.2 Å². The first-order valence-corrected chi connectivity index (χ1v) is 8.38. The largest absolute Gasteiger partial charge is 1.00 e. The first-order valence-electron chi connectivity index (χ1n) is 8.00. The molecule has 0 N–H and O–H groups in total. The fraction of sp³-hybridized carbons (Fsp3) is 0.611. The first kappa shape index (κ1) is 16.8. The van der Waals surface area contributed by atoms with Gasteiger partial charge in [-0.3, -0.25) is 4.79 Å². The van der Waals surface area contributed by atoms with Crippen LogP contribution in [0, 0.1) is 5.92 Å². The number of Topliss-reactive ketones (excluding diaryl/α,β-unsaturated/α-hetero) is 1. The molecule has 116 valence electrons. The molecular weight excluding hydrogens is 303 g/mol. The fourth-order valence-corrected chi connectivity index (χ4v) is 4.08. The monoisotopic (exact) mass is 325 g/mol. The van der Waals surface area contributed by atoms with Crippen LogP contribution < -0.4 is 12.4 Å². The summed E-state index contributed by atoms with van der Waals surface area (Å²) in [4.78, 5) is 12.9. The van der Waals surface area contributed by atoms with Crippen molar-refractivity contribution in [3.63, 3.8) is 0 Å². The number of carbonyl (C=O) groups excluding carboxylic acids is 1. The molecule has 2 aliphatic rings. The van der Waals surface area contributed by atoms with Crippen LogP contribution in [0.25, 0.3) is 0 Å². The van der Waals surface area contributed by atoms with E-state index in [0.29, 0.717) is 11.7 Å². The third-order valence-corrected chi connectivity index (χ3v) is 5.55. The van der Waals surface area contributed by atoms with Gasteiger partial charge >= 0.3 is 0 Å². The predicted octanol–water partition coefficient (Wildman–Crippen LogP) is 2.31. The summed E-state index contributed by atoms with van der Waals surface area (Å²) in [5, 5.41) is 0.749. The number of carbonyl (C=O) groups is 1. The Morgan fingerprint density at radius 2 is 1.86 bits per heavy atom. The van der Waals surface area contributed by atoms with Gasteiger partial charge in [0.1, 0.15) is 5.78 Å². The van der Waals surface area contributed by atoms with Gasteiger partial charge in [0, 0.05) is 11.4 Å². The van der Waals surface area contributed by atoms with Gasteiger partial charge in [-0.25, -0.2) is 0 Å². The van der Waals surface area contributed by atoms with Crippen LogP contribution in [0.3, 0.4) is 0 Å². The van der Waals surface area contributed by atoms with Gasteiger partial charge < -0.3 is 12.4 Å². The Kier molecular flexibility index (Phi) is 5.73. The lowest BCUT2D eigenvalue weighted by atomic mass is 9.60. The quantitative estimate of drug-likeness (QED) is 0.830. The number of ketones is 1. The van der Waals surface area contributed by atoms with Crippen LogP contribution >= 0.6 is 11.6 Å². The minimum atomic E-state index is -0.206. The third-order valence-electron chi connectivity index (χ3n) is 5.32. The summed E-state index contributed by atoms with van der Waals surface area (Å²) in [6.45, 7) is 0. The molecule has 1 aromatic carbocycles. The summed E-state index contributed by atoms with van der Waals surface area (Å²) in [5.74, 6) is 1.10. The van der Waals surface area contributed by atoms with Gasteiger partial charge in [0.15, 0.2) is 0 Å². The van der Waals surface area contributed by atoms with Gasteiger partial charge in [0.2, 0.25) is 0 Å². The Labute approximate surface area is 138 Å². The molecule has 0 radical (unpaired) electrons. The van der Waals surface area contributed by atoms with E-state index in [1.54, 1.807) is 0 Å². The fourth-order valence-electron chi connectivity index (χ4n) is 3.89. The van der Waals surface area contributed by atoms with Crippen molar-refractivity contribution in [3.05, 3.63) is 34.9 Å². The number of rotatable bonds is 4. The zero-order valence-corrected chi connectivity index (χ0v) is 13.9. The first-order chi connectivity index (χ1) is 9.71. The molecule has 0 amide bonds. The Balaban J connectivity index is 0.00000161. The van der Waals surface area contributed by atoms with Crippen molar-refractivity contribution >= 4 is 17.4 Å². The Morgan fingerprint density at radius 1 is 1.14 bits per heavy atom. The van der Waals surface area contributed by atoms with E-state index in [0.717, 1.165) is 29.8 Å². The van der Waals surface area contributed by atoms with Crippen molar-refractivity contribution in [3.8, 4) is 0 Å². The zero-order valence-electron chi connectivity index (χ0n) is 12.4. The Hall–Kier alpha value is -0.530. The molecule has 21 heavy (non-hydrogen) atoms. The van der Waals surface area contributed by atoms with Crippen LogP contribution in [0.4, 0.5) is 0 Å². The SMILES string of the molecule is O=C(CC1CCCCC1)C1(c2cccc(Cl)c2)CCC1.[Cl-]. The summed E-state index contributed by atoms with van der Waals surface area (Å²) in [6, 6.07) is 7.96. The maximum atomic E-state index is 12.9. The summed E-state index contributed by atoms with van der Waals surface area (Å²) in [5.41, 5.74) is 0.944. The third kappa shape index (κ3) is 3.46. The Bertz CT molecular complexity index is 488. The molecule has 0 unspecified atom stereocenters. The van der Waals surface area contributed by atoms with Crippen LogP contribution in [-0.2, 0) is 10.2 Å². The highest BCUT2D eigenvalue weighted by atomic mass is 35.5. The molecule has 2 saturated carbocycles. The maximum Gasteiger partial charge on any atom is 0.143 e. The number of benzene rings is 1. The van der Waals surface area contributed by atoms with E-state index in [9.17, 15) is 4.79 Å². The van der Waals surface area contributed by atoms with Crippen LogP contribution in [0.2, 0.25) is 5.02 Å². The van der Waals surface area contributed by atoms with Gasteiger partial charge in [0.25, 0.3) is 0 Å². The lowest BCUT2D eigenvalue weighted by Gasteiger charge is -2.42. The van der Waals surface area contributed by atoms with Crippen molar-refractivity contribution < 1.29 is 17.2 Å². The molecule has 0 atom stereocenters. The lowest BCUT2D eigenvalue weighted by Crippen LogP contribution is -3.00. The minimum absolute atomic E-state index is 0. The molecular formula is C18H23Cl2O-. The average Bonchev–Trinajstić information content (AvgIpc) is 2.38. The van der Waals surface area contributed by atoms with E-state index in [-0.39, 0.29) is 17.8 Å². The molecule has 0 spiro atoms. The van der Waals surface area contributed by atoms with E-state index in [1.807, 2.05) is 18.2 Å². The van der Waals surface area contributed by atoms with Crippen molar-refractivity contribution in [1.29, 1.82) is 0 Å². The second-order valence-corrected chi connectivity index (χ2v) is 7.01. The standard InChI is InChI=1S/C18H23ClO.ClH/c19-16-9-4-8-15(13-16)18(10-5-11-18)17(20)12-14-6-2-1-3-7-14;/h4,8-9,13-14H,1-3,5-7,10-12H2;1H/p-1. The molecule has 0 aromatic heterocycles. The summed E-state index contributed by atoms with van der Waals surface area (Å²) >= 11 is 6.12. The van der Waals surface area contributed by atoms with Gasteiger partial charge in [-0.2, -0.15) is 0 Å².